The van der Waals surface area contributed by atoms with Gasteiger partial charge in [0.05, 0.1) is 6.54 Å². The molecule has 1 aromatic heterocycles. The molecule has 0 radical (unpaired) electrons. The summed E-state index contributed by atoms with van der Waals surface area (Å²) in [4.78, 5) is 1.45. The van der Waals surface area contributed by atoms with Crippen LogP contribution in [0.1, 0.15) is 29.2 Å². The number of thiophene rings is 1. The number of fused-ring (bicyclic) bond motifs is 1. The summed E-state index contributed by atoms with van der Waals surface area (Å²) in [5, 5.41) is 4.95. The van der Waals surface area contributed by atoms with Crippen LogP contribution < -0.4 is 5.32 Å². The highest BCUT2D eigenvalue weighted by molar-refractivity contribution is 7.10. The standard InChI is InChI=1S/C11H15F2NS/c12-11(13)7-14-6-8-2-1-3-10-9(8)4-5-15-10/h4-5,8,11,14H,1-3,6-7H2. The van der Waals surface area contributed by atoms with Gasteiger partial charge in [-0.3, -0.25) is 0 Å². The molecule has 2 rings (SSSR count). The summed E-state index contributed by atoms with van der Waals surface area (Å²) in [6, 6.07) is 2.15. The SMILES string of the molecule is FC(F)CNCC1CCCc2sccc21. The van der Waals surface area contributed by atoms with Crippen LogP contribution in [0.25, 0.3) is 0 Å². The van der Waals surface area contributed by atoms with Crippen molar-refractivity contribution in [2.75, 3.05) is 13.1 Å². The Labute approximate surface area is 92.5 Å². The van der Waals surface area contributed by atoms with E-state index in [0.29, 0.717) is 12.5 Å². The molecule has 15 heavy (non-hydrogen) atoms. The molecule has 1 unspecified atom stereocenters. The summed E-state index contributed by atoms with van der Waals surface area (Å²) in [5.41, 5.74) is 1.38. The predicted octanol–water partition coefficient (Wildman–Crippen LogP) is 3.02. The Hall–Kier alpha value is -0.480. The highest BCUT2D eigenvalue weighted by atomic mass is 32.1. The summed E-state index contributed by atoms with van der Waals surface area (Å²) < 4.78 is 23.9. The monoisotopic (exact) mass is 231 g/mol. The van der Waals surface area contributed by atoms with Gasteiger partial charge in [0.2, 0.25) is 0 Å². The molecule has 0 bridgehead atoms. The van der Waals surface area contributed by atoms with Crippen molar-refractivity contribution < 1.29 is 8.78 Å². The second kappa shape index (κ2) is 5.03. The number of nitrogens with one attached hydrogen (secondary N) is 1. The average Bonchev–Trinajstić information content (AvgIpc) is 2.65. The van der Waals surface area contributed by atoms with Crippen LogP contribution in [0, 0.1) is 0 Å². The lowest BCUT2D eigenvalue weighted by molar-refractivity contribution is 0.145. The minimum atomic E-state index is -2.24. The molecule has 84 valence electrons. The zero-order valence-electron chi connectivity index (χ0n) is 8.51. The Morgan fingerprint density at radius 3 is 3.20 bits per heavy atom. The zero-order chi connectivity index (χ0) is 10.7. The van der Waals surface area contributed by atoms with Gasteiger partial charge in [-0.1, -0.05) is 0 Å². The first-order chi connectivity index (χ1) is 7.27. The first-order valence-corrected chi connectivity index (χ1v) is 6.20. The Morgan fingerprint density at radius 2 is 2.40 bits per heavy atom. The van der Waals surface area contributed by atoms with Gasteiger partial charge in [-0.2, -0.15) is 0 Å². The van der Waals surface area contributed by atoms with Crippen LogP contribution in [-0.2, 0) is 6.42 Å². The lowest BCUT2D eigenvalue weighted by atomic mass is 9.88. The van der Waals surface area contributed by atoms with Gasteiger partial charge in [-0.25, -0.2) is 8.78 Å². The van der Waals surface area contributed by atoms with Crippen molar-refractivity contribution in [3.63, 3.8) is 0 Å². The van der Waals surface area contributed by atoms with E-state index in [1.54, 1.807) is 11.3 Å². The van der Waals surface area contributed by atoms with Crippen LogP contribution in [0.3, 0.4) is 0 Å². The van der Waals surface area contributed by atoms with Gasteiger partial charge in [0, 0.05) is 11.4 Å². The third-order valence-corrected chi connectivity index (χ3v) is 3.86. The molecule has 0 fully saturated rings. The van der Waals surface area contributed by atoms with Crippen LogP contribution in [-0.4, -0.2) is 19.5 Å². The van der Waals surface area contributed by atoms with Crippen molar-refractivity contribution in [3.05, 3.63) is 21.9 Å². The number of halogens is 2. The number of alkyl halides is 2. The predicted molar refractivity (Wildman–Crippen MR) is 58.9 cm³/mol. The smallest absolute Gasteiger partial charge is 0.250 e. The molecule has 1 nitrogen and oxygen atoms in total. The van der Waals surface area contributed by atoms with Gasteiger partial charge in [0.15, 0.2) is 0 Å². The van der Waals surface area contributed by atoms with Gasteiger partial charge in [0.1, 0.15) is 0 Å². The average molecular weight is 231 g/mol. The van der Waals surface area contributed by atoms with Crippen LogP contribution in [0.2, 0.25) is 0 Å². The summed E-state index contributed by atoms with van der Waals surface area (Å²) in [6.07, 6.45) is 1.24. The maximum Gasteiger partial charge on any atom is 0.250 e. The van der Waals surface area contributed by atoms with Crippen molar-refractivity contribution >= 4 is 11.3 Å². The molecule has 4 heteroatoms. The summed E-state index contributed by atoms with van der Waals surface area (Å²) in [6.45, 7) is 0.504. The highest BCUT2D eigenvalue weighted by Crippen LogP contribution is 2.34. The largest absolute Gasteiger partial charge is 0.311 e. The van der Waals surface area contributed by atoms with E-state index in [4.69, 9.17) is 0 Å². The Balaban J connectivity index is 1.89. The Bertz CT molecular complexity index is 311. The fraction of sp³-hybridized carbons (Fsp3) is 0.636. The molecule has 0 aliphatic heterocycles. The summed E-state index contributed by atoms with van der Waals surface area (Å²) in [7, 11) is 0. The molecule has 1 aliphatic rings. The lowest BCUT2D eigenvalue weighted by Gasteiger charge is -2.22. The van der Waals surface area contributed by atoms with E-state index in [1.165, 1.54) is 23.3 Å². The number of hydrogen-bond donors (Lipinski definition) is 1. The second-order valence-electron chi connectivity index (χ2n) is 3.94. The van der Waals surface area contributed by atoms with Crippen molar-refractivity contribution in [1.29, 1.82) is 0 Å². The van der Waals surface area contributed by atoms with Crippen LogP contribution in [0.4, 0.5) is 8.78 Å². The number of aryl methyl sites for hydroxylation is 1. The normalized spacial score (nSPS) is 20.6. The van der Waals surface area contributed by atoms with Gasteiger partial charge >= 0.3 is 0 Å². The molecule has 0 saturated carbocycles. The molecule has 1 N–H and O–H groups in total. The maximum atomic E-state index is 12.0. The molecular weight excluding hydrogens is 216 g/mol. The molecule has 0 amide bonds. The molecule has 1 aromatic rings. The highest BCUT2D eigenvalue weighted by Gasteiger charge is 2.20. The minimum Gasteiger partial charge on any atom is -0.311 e. The minimum absolute atomic E-state index is 0.185. The molecule has 1 aliphatic carbocycles. The van der Waals surface area contributed by atoms with Crippen molar-refractivity contribution in [3.8, 4) is 0 Å². The van der Waals surface area contributed by atoms with Crippen LogP contribution >= 0.6 is 11.3 Å². The molecule has 0 aromatic carbocycles. The van der Waals surface area contributed by atoms with Gasteiger partial charge in [-0.05, 0) is 42.2 Å². The third-order valence-electron chi connectivity index (χ3n) is 2.87. The summed E-state index contributed by atoms with van der Waals surface area (Å²) >= 11 is 1.79. The zero-order valence-corrected chi connectivity index (χ0v) is 9.33. The first-order valence-electron chi connectivity index (χ1n) is 5.32. The van der Waals surface area contributed by atoms with E-state index < -0.39 is 6.43 Å². The molecule has 1 atom stereocenters. The van der Waals surface area contributed by atoms with E-state index in [0.717, 1.165) is 6.42 Å². The quantitative estimate of drug-likeness (QED) is 0.840. The second-order valence-corrected chi connectivity index (χ2v) is 4.94. The number of rotatable bonds is 4. The van der Waals surface area contributed by atoms with Gasteiger partial charge in [0.25, 0.3) is 6.43 Å². The first kappa shape index (κ1) is 11.0. The molecular formula is C11H15F2NS. The summed E-state index contributed by atoms with van der Waals surface area (Å²) in [5.74, 6) is 0.443. The van der Waals surface area contributed by atoms with E-state index in [9.17, 15) is 8.78 Å². The van der Waals surface area contributed by atoms with Crippen molar-refractivity contribution in [2.45, 2.75) is 31.6 Å². The number of hydrogen-bond acceptors (Lipinski definition) is 2. The van der Waals surface area contributed by atoms with E-state index in [-0.39, 0.29) is 6.54 Å². The third kappa shape index (κ3) is 2.75. The lowest BCUT2D eigenvalue weighted by Crippen LogP contribution is -2.27. The van der Waals surface area contributed by atoms with E-state index >= 15 is 0 Å². The topological polar surface area (TPSA) is 12.0 Å². The van der Waals surface area contributed by atoms with Crippen molar-refractivity contribution in [1.82, 2.24) is 5.32 Å². The maximum absolute atomic E-state index is 12.0. The Morgan fingerprint density at radius 1 is 1.53 bits per heavy atom. The fourth-order valence-electron chi connectivity index (χ4n) is 2.16. The Kier molecular flexibility index (Phi) is 3.70. The molecule has 0 saturated heterocycles. The molecule has 0 spiro atoms. The molecule has 1 heterocycles. The van der Waals surface area contributed by atoms with Gasteiger partial charge in [-0.15, -0.1) is 11.3 Å². The fourth-order valence-corrected chi connectivity index (χ4v) is 3.17. The van der Waals surface area contributed by atoms with Crippen LogP contribution in [0.15, 0.2) is 11.4 Å². The van der Waals surface area contributed by atoms with E-state index in [1.807, 2.05) is 0 Å². The van der Waals surface area contributed by atoms with Gasteiger partial charge < -0.3 is 5.32 Å². The van der Waals surface area contributed by atoms with Crippen molar-refractivity contribution in [2.24, 2.45) is 0 Å². The van der Waals surface area contributed by atoms with Crippen LogP contribution in [0.5, 0.6) is 0 Å². The van der Waals surface area contributed by atoms with E-state index in [2.05, 4.69) is 16.8 Å².